The number of fused-ring (bicyclic) bond motifs is 7. The maximum atomic E-state index is 6.61. The van der Waals surface area contributed by atoms with Gasteiger partial charge in [-0.05, 0) is 60.7 Å². The molecule has 0 aliphatic carbocycles. The second kappa shape index (κ2) is 12.2. The summed E-state index contributed by atoms with van der Waals surface area (Å²) in [7, 11) is 0. The van der Waals surface area contributed by atoms with Crippen LogP contribution in [0.2, 0.25) is 10.0 Å². The van der Waals surface area contributed by atoms with E-state index in [0.717, 1.165) is 60.9 Å². The highest BCUT2D eigenvalue weighted by Crippen LogP contribution is 2.42. The molecule has 0 fully saturated rings. The van der Waals surface area contributed by atoms with Crippen LogP contribution in [-0.4, -0.2) is 24.1 Å². The molecule has 0 radical (unpaired) electrons. The van der Waals surface area contributed by atoms with Gasteiger partial charge in [0.1, 0.15) is 0 Å². The van der Waals surface area contributed by atoms with Crippen molar-refractivity contribution in [3.63, 3.8) is 0 Å². The molecule has 0 aliphatic rings. The number of nitrogens with zero attached hydrogens (tertiary/aromatic N) is 5. The van der Waals surface area contributed by atoms with Crippen LogP contribution in [0.15, 0.2) is 164 Å². The third-order valence-electron chi connectivity index (χ3n) is 9.71. The van der Waals surface area contributed by atoms with Crippen molar-refractivity contribution in [2.75, 3.05) is 0 Å². The normalized spacial score (nSPS) is 11.7. The summed E-state index contributed by atoms with van der Waals surface area (Å²) in [4.78, 5) is 14.8. The van der Waals surface area contributed by atoms with E-state index < -0.39 is 0 Å². The van der Waals surface area contributed by atoms with Crippen LogP contribution >= 0.6 is 23.2 Å². The number of hydrogen-bond acceptors (Lipinski definition) is 3. The maximum absolute atomic E-state index is 6.61. The zero-order valence-corrected chi connectivity index (χ0v) is 29.1. The molecule has 0 aliphatic heterocycles. The third kappa shape index (κ3) is 4.89. The number of rotatable bonds is 5. The molecule has 7 heteroatoms. The maximum Gasteiger partial charge on any atom is 0.164 e. The van der Waals surface area contributed by atoms with Gasteiger partial charge in [-0.15, -0.1) is 0 Å². The summed E-state index contributed by atoms with van der Waals surface area (Å²) in [5, 5.41) is 5.72. The van der Waals surface area contributed by atoms with E-state index in [2.05, 4.69) is 94.1 Å². The second-order valence-electron chi connectivity index (χ2n) is 12.7. The minimum atomic E-state index is 0.518. The number of benzene rings is 7. The molecule has 10 aromatic rings. The molecular formula is C45H27Cl2N5. The quantitative estimate of drug-likeness (QED) is 0.179. The first kappa shape index (κ1) is 30.5. The van der Waals surface area contributed by atoms with Gasteiger partial charge in [0, 0.05) is 49.6 Å². The van der Waals surface area contributed by atoms with Crippen LogP contribution in [-0.2, 0) is 0 Å². The van der Waals surface area contributed by atoms with Crippen LogP contribution in [0.5, 0.6) is 0 Å². The van der Waals surface area contributed by atoms with Gasteiger partial charge in [0.2, 0.25) is 0 Å². The van der Waals surface area contributed by atoms with E-state index in [1.54, 1.807) is 0 Å². The molecule has 52 heavy (non-hydrogen) atoms. The van der Waals surface area contributed by atoms with Gasteiger partial charge in [-0.1, -0.05) is 126 Å². The lowest BCUT2D eigenvalue weighted by Crippen LogP contribution is -2.00. The van der Waals surface area contributed by atoms with Crippen LogP contribution < -0.4 is 0 Å². The third-order valence-corrected chi connectivity index (χ3v) is 10.5. The second-order valence-corrected chi connectivity index (χ2v) is 13.6. The van der Waals surface area contributed by atoms with Crippen molar-refractivity contribution < 1.29 is 0 Å². The summed E-state index contributed by atoms with van der Waals surface area (Å²) < 4.78 is 4.65. The summed E-state index contributed by atoms with van der Waals surface area (Å²) >= 11 is 13.0. The predicted octanol–water partition coefficient (Wildman–Crippen LogP) is 12.4. The number of aromatic nitrogens is 5. The molecule has 0 unspecified atom stereocenters. The lowest BCUT2D eigenvalue weighted by molar-refractivity contribution is 1.07. The Hall–Kier alpha value is -6.27. The van der Waals surface area contributed by atoms with Crippen LogP contribution in [0.4, 0.5) is 0 Å². The molecule has 0 atom stereocenters. The molecule has 0 bridgehead atoms. The lowest BCUT2D eigenvalue weighted by atomic mass is 10.1. The summed E-state index contributed by atoms with van der Waals surface area (Å²) in [6.45, 7) is 0. The molecule has 0 N–H and O–H groups in total. The Labute approximate surface area is 309 Å². The van der Waals surface area contributed by atoms with Gasteiger partial charge in [-0.3, -0.25) is 0 Å². The van der Waals surface area contributed by atoms with Gasteiger partial charge < -0.3 is 9.13 Å². The monoisotopic (exact) mass is 707 g/mol. The average Bonchev–Trinajstić information content (AvgIpc) is 3.72. The molecule has 0 amide bonds. The van der Waals surface area contributed by atoms with E-state index in [-0.39, 0.29) is 0 Å². The Morgan fingerprint density at radius 1 is 0.365 bits per heavy atom. The molecule has 0 saturated carbocycles. The van der Waals surface area contributed by atoms with E-state index in [9.17, 15) is 0 Å². The molecule has 3 aromatic heterocycles. The van der Waals surface area contributed by atoms with E-state index in [1.807, 2.05) is 78.9 Å². The van der Waals surface area contributed by atoms with Crippen molar-refractivity contribution in [3.8, 4) is 45.5 Å². The Balaban J connectivity index is 1.18. The van der Waals surface area contributed by atoms with Gasteiger partial charge in [-0.25, -0.2) is 15.0 Å². The van der Waals surface area contributed by atoms with Crippen molar-refractivity contribution in [1.82, 2.24) is 24.1 Å². The van der Waals surface area contributed by atoms with E-state index in [4.69, 9.17) is 38.2 Å². The average molecular weight is 709 g/mol. The molecular weight excluding hydrogens is 681 g/mol. The van der Waals surface area contributed by atoms with Crippen LogP contribution in [0.3, 0.4) is 0 Å². The summed E-state index contributed by atoms with van der Waals surface area (Å²) in [6.07, 6.45) is 0. The molecule has 5 nitrogen and oxygen atoms in total. The molecule has 3 heterocycles. The topological polar surface area (TPSA) is 48.5 Å². The molecule has 0 saturated heterocycles. The van der Waals surface area contributed by atoms with Crippen molar-refractivity contribution in [3.05, 3.63) is 174 Å². The van der Waals surface area contributed by atoms with Crippen molar-refractivity contribution in [2.45, 2.75) is 0 Å². The lowest BCUT2D eigenvalue weighted by Gasteiger charge is -2.11. The highest BCUT2D eigenvalue weighted by molar-refractivity contribution is 6.42. The Morgan fingerprint density at radius 2 is 0.885 bits per heavy atom. The predicted molar refractivity (Wildman–Crippen MR) is 215 cm³/mol. The van der Waals surface area contributed by atoms with Gasteiger partial charge in [0.05, 0.1) is 32.1 Å². The van der Waals surface area contributed by atoms with Crippen LogP contribution in [0, 0.1) is 0 Å². The highest BCUT2D eigenvalue weighted by Gasteiger charge is 2.21. The van der Waals surface area contributed by atoms with Crippen molar-refractivity contribution in [2.24, 2.45) is 0 Å². The first-order valence-electron chi connectivity index (χ1n) is 17.0. The summed E-state index contributed by atoms with van der Waals surface area (Å²) in [5.41, 5.74) is 9.21. The number of halogens is 2. The summed E-state index contributed by atoms with van der Waals surface area (Å²) in [6, 6.07) is 56.0. The Bertz CT molecular complexity index is 2910. The zero-order valence-electron chi connectivity index (χ0n) is 27.6. The van der Waals surface area contributed by atoms with Gasteiger partial charge >= 0.3 is 0 Å². The van der Waals surface area contributed by atoms with Gasteiger partial charge in [-0.2, -0.15) is 0 Å². The van der Waals surface area contributed by atoms with Gasteiger partial charge in [0.15, 0.2) is 17.5 Å². The molecule has 7 aromatic carbocycles. The minimum Gasteiger partial charge on any atom is -0.309 e. The number of para-hydroxylation sites is 2. The van der Waals surface area contributed by atoms with E-state index in [0.29, 0.717) is 27.5 Å². The van der Waals surface area contributed by atoms with E-state index >= 15 is 0 Å². The SMILES string of the molecule is Clc1ccc(-n2c3ccccc3c3ccc4c(c5ccccc5n4-c4ccc(-c5nc(-c6ccccc6)nc(-c6ccccc6)n5)cc4)c32)cc1Cl. The fraction of sp³-hybridized carbons (Fsp3) is 0. The fourth-order valence-corrected chi connectivity index (χ4v) is 7.67. The Kier molecular flexibility index (Phi) is 7.17. The molecule has 246 valence electrons. The standard InChI is InChI=1S/C45H27Cl2N5/c46-36-25-23-32(27-37(36)47)52-38-17-9-7-15-33(38)34-24-26-40-41(42(34)52)35-16-8-10-18-39(35)51(40)31-21-19-30(20-22-31)45-49-43(28-11-3-1-4-12-28)48-44(50-45)29-13-5-2-6-14-29/h1-27H. The van der Waals surface area contributed by atoms with Crippen molar-refractivity contribution in [1.29, 1.82) is 0 Å². The number of hydrogen-bond donors (Lipinski definition) is 0. The summed E-state index contributed by atoms with van der Waals surface area (Å²) in [5.74, 6) is 1.89. The van der Waals surface area contributed by atoms with Gasteiger partial charge in [0.25, 0.3) is 0 Å². The minimum absolute atomic E-state index is 0.518. The fourth-order valence-electron chi connectivity index (χ4n) is 7.38. The largest absolute Gasteiger partial charge is 0.309 e. The Morgan fingerprint density at radius 3 is 1.50 bits per heavy atom. The first-order valence-corrected chi connectivity index (χ1v) is 17.8. The highest BCUT2D eigenvalue weighted by atomic mass is 35.5. The zero-order chi connectivity index (χ0) is 34.8. The van der Waals surface area contributed by atoms with Crippen LogP contribution in [0.1, 0.15) is 0 Å². The first-order chi connectivity index (χ1) is 25.6. The van der Waals surface area contributed by atoms with E-state index in [1.165, 1.54) is 10.8 Å². The molecule has 0 spiro atoms. The smallest absolute Gasteiger partial charge is 0.164 e. The van der Waals surface area contributed by atoms with Crippen molar-refractivity contribution >= 4 is 66.8 Å². The molecule has 10 rings (SSSR count). The van der Waals surface area contributed by atoms with Crippen LogP contribution in [0.25, 0.3) is 89.2 Å².